The van der Waals surface area contributed by atoms with E-state index in [-0.39, 0.29) is 22.7 Å². The lowest BCUT2D eigenvalue weighted by atomic mass is 10.1. The van der Waals surface area contributed by atoms with E-state index in [9.17, 15) is 20.2 Å². The van der Waals surface area contributed by atoms with Crippen LogP contribution in [-0.2, 0) is 0 Å². The molecule has 0 N–H and O–H groups in total. The highest BCUT2D eigenvalue weighted by molar-refractivity contribution is 5.64. The van der Waals surface area contributed by atoms with E-state index in [2.05, 4.69) is 10.2 Å². The van der Waals surface area contributed by atoms with Gasteiger partial charge in [0.2, 0.25) is 0 Å². The molecule has 8 nitrogen and oxygen atoms in total. The van der Waals surface area contributed by atoms with Crippen LogP contribution in [-0.4, -0.2) is 9.85 Å². The summed E-state index contributed by atoms with van der Waals surface area (Å²) in [4.78, 5) is 20.9. The van der Waals surface area contributed by atoms with E-state index in [1.807, 2.05) is 0 Å². The van der Waals surface area contributed by atoms with E-state index < -0.39 is 9.85 Å². The van der Waals surface area contributed by atoms with E-state index >= 15 is 0 Å². The molecule has 2 rings (SSSR count). The fourth-order valence-corrected chi connectivity index (χ4v) is 1.94. The van der Waals surface area contributed by atoms with Crippen molar-refractivity contribution in [3.05, 3.63) is 67.8 Å². The van der Waals surface area contributed by atoms with Crippen LogP contribution in [0.3, 0.4) is 0 Å². The third-order valence-electron chi connectivity index (χ3n) is 3.08. The highest BCUT2D eigenvalue weighted by Gasteiger charge is 2.18. The fraction of sp³-hybridized carbons (Fsp3) is 0.143. The first kappa shape index (κ1) is 15.2. The molecular weight excluding hydrogens is 288 g/mol. The molecule has 0 aliphatic heterocycles. The second-order valence-electron chi connectivity index (χ2n) is 4.60. The van der Waals surface area contributed by atoms with Gasteiger partial charge in [-0.15, -0.1) is 10.2 Å². The molecule has 0 atom stereocenters. The SMILES string of the molecule is Cc1cccc([N+](=O)[O-])c1N=Nc1c(C)cccc1[N+](=O)[O-]. The maximum absolute atomic E-state index is 11.0. The van der Waals surface area contributed by atoms with Gasteiger partial charge in [-0.1, -0.05) is 24.3 Å². The summed E-state index contributed by atoms with van der Waals surface area (Å²) in [6, 6.07) is 9.04. The fourth-order valence-electron chi connectivity index (χ4n) is 1.94. The van der Waals surface area contributed by atoms with E-state index in [1.165, 1.54) is 12.1 Å². The zero-order chi connectivity index (χ0) is 16.3. The Hall–Kier alpha value is -3.16. The maximum atomic E-state index is 11.0. The van der Waals surface area contributed by atoms with Gasteiger partial charge in [0.25, 0.3) is 11.4 Å². The molecule has 0 aromatic heterocycles. The normalized spacial score (nSPS) is 10.8. The quantitative estimate of drug-likeness (QED) is 0.468. The number of benzene rings is 2. The van der Waals surface area contributed by atoms with E-state index in [1.54, 1.807) is 38.1 Å². The zero-order valence-corrected chi connectivity index (χ0v) is 11.9. The average Bonchev–Trinajstić information content (AvgIpc) is 2.46. The number of hydrogen-bond acceptors (Lipinski definition) is 6. The summed E-state index contributed by atoms with van der Waals surface area (Å²) in [5, 5.41) is 29.8. The molecule has 0 aliphatic carbocycles. The Kier molecular flexibility index (Phi) is 4.21. The summed E-state index contributed by atoms with van der Waals surface area (Å²) in [5.74, 6) is 0. The van der Waals surface area contributed by atoms with Gasteiger partial charge in [0.1, 0.15) is 0 Å². The van der Waals surface area contributed by atoms with Crippen LogP contribution < -0.4 is 0 Å². The molecule has 0 bridgehead atoms. The van der Waals surface area contributed by atoms with Crippen LogP contribution in [0, 0.1) is 34.1 Å². The minimum atomic E-state index is -0.562. The van der Waals surface area contributed by atoms with Gasteiger partial charge in [0, 0.05) is 12.1 Å². The molecule has 0 saturated heterocycles. The Morgan fingerprint density at radius 3 is 1.45 bits per heavy atom. The lowest BCUT2D eigenvalue weighted by Crippen LogP contribution is -1.91. The zero-order valence-electron chi connectivity index (χ0n) is 11.9. The number of nitro groups is 2. The topological polar surface area (TPSA) is 111 Å². The van der Waals surface area contributed by atoms with Crippen molar-refractivity contribution in [2.75, 3.05) is 0 Å². The van der Waals surface area contributed by atoms with Gasteiger partial charge < -0.3 is 0 Å². The van der Waals surface area contributed by atoms with Gasteiger partial charge in [-0.05, 0) is 25.0 Å². The van der Waals surface area contributed by atoms with Crippen molar-refractivity contribution < 1.29 is 9.85 Å². The van der Waals surface area contributed by atoms with Crippen LogP contribution in [0.5, 0.6) is 0 Å². The molecule has 8 heteroatoms. The van der Waals surface area contributed by atoms with Gasteiger partial charge in [0.15, 0.2) is 11.4 Å². The summed E-state index contributed by atoms with van der Waals surface area (Å²) >= 11 is 0. The molecule has 0 radical (unpaired) electrons. The van der Waals surface area contributed by atoms with Crippen LogP contribution in [0.25, 0.3) is 0 Å². The molecule has 0 fully saturated rings. The maximum Gasteiger partial charge on any atom is 0.296 e. The Morgan fingerprint density at radius 1 is 0.773 bits per heavy atom. The Bertz CT molecular complexity index is 721. The monoisotopic (exact) mass is 300 g/mol. The Morgan fingerprint density at radius 2 is 1.14 bits per heavy atom. The number of aryl methyl sites for hydroxylation is 2. The van der Waals surface area contributed by atoms with Gasteiger partial charge in [0.05, 0.1) is 9.85 Å². The molecule has 2 aromatic rings. The Labute approximate surface area is 125 Å². The number of azo groups is 1. The van der Waals surface area contributed by atoms with E-state index in [0.717, 1.165) is 0 Å². The van der Waals surface area contributed by atoms with Gasteiger partial charge in [-0.3, -0.25) is 20.2 Å². The van der Waals surface area contributed by atoms with Crippen LogP contribution >= 0.6 is 0 Å². The van der Waals surface area contributed by atoms with Crippen LogP contribution in [0.1, 0.15) is 11.1 Å². The van der Waals surface area contributed by atoms with Gasteiger partial charge in [-0.25, -0.2) is 0 Å². The molecule has 0 unspecified atom stereocenters. The second kappa shape index (κ2) is 6.08. The van der Waals surface area contributed by atoms with Crippen molar-refractivity contribution in [2.45, 2.75) is 13.8 Å². The first-order valence-electron chi connectivity index (χ1n) is 6.31. The first-order valence-corrected chi connectivity index (χ1v) is 6.31. The van der Waals surface area contributed by atoms with Crippen molar-refractivity contribution in [3.8, 4) is 0 Å². The Balaban J connectivity index is 2.56. The number of hydrogen-bond donors (Lipinski definition) is 0. The first-order chi connectivity index (χ1) is 10.4. The molecule has 0 aliphatic rings. The van der Waals surface area contributed by atoms with E-state index in [4.69, 9.17) is 0 Å². The minimum absolute atomic E-state index is 0.0880. The highest BCUT2D eigenvalue weighted by atomic mass is 16.6. The molecule has 0 saturated carbocycles. The molecule has 112 valence electrons. The third kappa shape index (κ3) is 2.95. The summed E-state index contributed by atoms with van der Waals surface area (Å²) < 4.78 is 0. The van der Waals surface area contributed by atoms with Crippen molar-refractivity contribution in [1.82, 2.24) is 0 Å². The predicted octanol–water partition coefficient (Wildman–Crippen LogP) is 4.54. The molecule has 0 spiro atoms. The lowest BCUT2D eigenvalue weighted by molar-refractivity contribution is -0.384. The summed E-state index contributed by atoms with van der Waals surface area (Å²) in [6.07, 6.45) is 0. The lowest BCUT2D eigenvalue weighted by Gasteiger charge is -2.02. The van der Waals surface area contributed by atoms with Gasteiger partial charge >= 0.3 is 0 Å². The summed E-state index contributed by atoms with van der Waals surface area (Å²) in [6.45, 7) is 3.32. The van der Waals surface area contributed by atoms with Crippen molar-refractivity contribution in [2.24, 2.45) is 10.2 Å². The summed E-state index contributed by atoms with van der Waals surface area (Å²) in [5.41, 5.74) is 0.915. The standard InChI is InChI=1S/C14H12N4O4/c1-9-5-3-7-11(17(19)20)13(9)15-16-14-10(2)6-4-8-12(14)18(21)22/h3-8H,1-2H3. The second-order valence-corrected chi connectivity index (χ2v) is 4.60. The minimum Gasteiger partial charge on any atom is -0.258 e. The van der Waals surface area contributed by atoms with Crippen molar-refractivity contribution in [1.29, 1.82) is 0 Å². The summed E-state index contributed by atoms with van der Waals surface area (Å²) in [7, 11) is 0. The van der Waals surface area contributed by atoms with Crippen LogP contribution in [0.15, 0.2) is 46.6 Å². The molecule has 2 aromatic carbocycles. The van der Waals surface area contributed by atoms with Crippen molar-refractivity contribution in [3.63, 3.8) is 0 Å². The van der Waals surface area contributed by atoms with Gasteiger partial charge in [-0.2, -0.15) is 0 Å². The smallest absolute Gasteiger partial charge is 0.258 e. The van der Waals surface area contributed by atoms with Crippen LogP contribution in [0.4, 0.5) is 22.7 Å². The highest BCUT2D eigenvalue weighted by Crippen LogP contribution is 2.35. The molecular formula is C14H12N4O4. The predicted molar refractivity (Wildman–Crippen MR) is 79.8 cm³/mol. The molecule has 0 heterocycles. The number of nitro benzene ring substituents is 2. The molecule has 22 heavy (non-hydrogen) atoms. The van der Waals surface area contributed by atoms with Crippen LogP contribution in [0.2, 0.25) is 0 Å². The number of rotatable bonds is 4. The number of nitrogens with zero attached hydrogens (tertiary/aromatic N) is 4. The molecule has 0 amide bonds. The largest absolute Gasteiger partial charge is 0.296 e. The average molecular weight is 300 g/mol. The van der Waals surface area contributed by atoms with Crippen molar-refractivity contribution >= 4 is 22.7 Å². The van der Waals surface area contributed by atoms with E-state index in [0.29, 0.717) is 11.1 Å². The third-order valence-corrected chi connectivity index (χ3v) is 3.08.